The van der Waals surface area contributed by atoms with Gasteiger partial charge in [0.2, 0.25) is 0 Å². The predicted octanol–water partition coefficient (Wildman–Crippen LogP) is 1.34. The first-order chi connectivity index (χ1) is 9.85. The summed E-state index contributed by atoms with van der Waals surface area (Å²) in [6, 6.07) is 10.0. The summed E-state index contributed by atoms with van der Waals surface area (Å²) in [6.07, 6.45) is 2.77. The smallest absolute Gasteiger partial charge is 0.191 e. The Morgan fingerprint density at radius 3 is 2.75 bits per heavy atom. The molecule has 1 aromatic carbocycles. The van der Waals surface area contributed by atoms with Gasteiger partial charge in [0.15, 0.2) is 11.8 Å². The first-order valence-corrected chi connectivity index (χ1v) is 6.74. The van der Waals surface area contributed by atoms with Crippen LogP contribution in [0.5, 0.6) is 0 Å². The normalized spacial score (nSPS) is 11.4. The number of nitrogens with zero attached hydrogens (tertiary/aromatic N) is 4. The molecule has 0 spiro atoms. The number of benzene rings is 1. The number of hydrogen-bond acceptors (Lipinski definition) is 3. The number of aromatic nitrogens is 3. The number of nitrogens with one attached hydrogen (secondary N) is 2. The number of rotatable bonds is 5. The van der Waals surface area contributed by atoms with Gasteiger partial charge in [0.05, 0.1) is 6.54 Å². The minimum Gasteiger partial charge on any atom is -0.356 e. The molecule has 0 radical (unpaired) electrons. The second kappa shape index (κ2) is 7.28. The molecular formula is C14H20N6. The van der Waals surface area contributed by atoms with Crippen LogP contribution in [-0.4, -0.2) is 34.3 Å². The van der Waals surface area contributed by atoms with E-state index in [9.17, 15) is 0 Å². The van der Waals surface area contributed by atoms with Crippen molar-refractivity contribution < 1.29 is 0 Å². The SMILES string of the molecule is CCCNC(=NC)NCc1nncn1-c1ccccc1. The molecule has 6 heteroatoms. The lowest BCUT2D eigenvalue weighted by Gasteiger charge is -2.11. The Hall–Kier alpha value is -2.37. The van der Waals surface area contributed by atoms with Gasteiger partial charge in [-0.05, 0) is 18.6 Å². The number of para-hydroxylation sites is 1. The summed E-state index contributed by atoms with van der Waals surface area (Å²) in [5.41, 5.74) is 1.05. The average molecular weight is 272 g/mol. The molecular weight excluding hydrogens is 252 g/mol. The Balaban J connectivity index is 2.03. The number of aliphatic imine (C=N–C) groups is 1. The van der Waals surface area contributed by atoms with Crippen molar-refractivity contribution >= 4 is 5.96 Å². The summed E-state index contributed by atoms with van der Waals surface area (Å²) in [6.45, 7) is 3.58. The average Bonchev–Trinajstić information content (AvgIpc) is 2.97. The molecule has 1 aromatic heterocycles. The highest BCUT2D eigenvalue weighted by atomic mass is 15.3. The lowest BCUT2D eigenvalue weighted by atomic mass is 10.3. The summed E-state index contributed by atoms with van der Waals surface area (Å²) in [5.74, 6) is 1.62. The van der Waals surface area contributed by atoms with Gasteiger partial charge >= 0.3 is 0 Å². The van der Waals surface area contributed by atoms with Gasteiger partial charge < -0.3 is 10.6 Å². The standard InChI is InChI=1S/C14H20N6/c1-3-9-16-14(15-2)17-10-13-19-18-11-20(13)12-7-5-4-6-8-12/h4-8,11H,3,9-10H2,1-2H3,(H2,15,16,17). The van der Waals surface area contributed by atoms with Gasteiger partial charge in [-0.25, -0.2) is 0 Å². The van der Waals surface area contributed by atoms with Crippen LogP contribution in [0.4, 0.5) is 0 Å². The van der Waals surface area contributed by atoms with Crippen LogP contribution in [0.1, 0.15) is 19.2 Å². The third kappa shape index (κ3) is 3.57. The first-order valence-electron chi connectivity index (χ1n) is 6.74. The van der Waals surface area contributed by atoms with Gasteiger partial charge in [0.1, 0.15) is 6.33 Å². The monoisotopic (exact) mass is 272 g/mol. The Morgan fingerprint density at radius 1 is 1.25 bits per heavy atom. The van der Waals surface area contributed by atoms with Crippen LogP contribution in [-0.2, 0) is 6.54 Å². The van der Waals surface area contributed by atoms with Gasteiger partial charge in [-0.2, -0.15) is 0 Å². The predicted molar refractivity (Wildman–Crippen MR) is 79.9 cm³/mol. The van der Waals surface area contributed by atoms with Gasteiger partial charge in [-0.3, -0.25) is 9.56 Å². The molecule has 0 bridgehead atoms. The molecule has 0 aliphatic rings. The molecule has 2 rings (SSSR count). The lowest BCUT2D eigenvalue weighted by Crippen LogP contribution is -2.37. The van der Waals surface area contributed by atoms with Gasteiger partial charge in [0, 0.05) is 19.3 Å². The molecule has 106 valence electrons. The summed E-state index contributed by atoms with van der Waals surface area (Å²) < 4.78 is 1.96. The quantitative estimate of drug-likeness (QED) is 0.637. The molecule has 1 heterocycles. The summed E-state index contributed by atoms with van der Waals surface area (Å²) in [7, 11) is 1.76. The van der Waals surface area contributed by atoms with Gasteiger partial charge in [0.25, 0.3) is 0 Å². The van der Waals surface area contributed by atoms with Crippen LogP contribution in [0.3, 0.4) is 0 Å². The Kier molecular flexibility index (Phi) is 5.11. The molecule has 2 N–H and O–H groups in total. The summed E-state index contributed by atoms with van der Waals surface area (Å²) >= 11 is 0. The lowest BCUT2D eigenvalue weighted by molar-refractivity contribution is 0.744. The highest BCUT2D eigenvalue weighted by Gasteiger charge is 2.06. The molecule has 6 nitrogen and oxygen atoms in total. The molecule has 0 aliphatic heterocycles. The molecule has 0 saturated heterocycles. The van der Waals surface area contributed by atoms with Crippen LogP contribution < -0.4 is 10.6 Å². The third-order valence-electron chi connectivity index (χ3n) is 2.83. The zero-order valence-electron chi connectivity index (χ0n) is 11.9. The molecule has 20 heavy (non-hydrogen) atoms. The maximum Gasteiger partial charge on any atom is 0.191 e. The Bertz CT molecular complexity index is 546. The Morgan fingerprint density at radius 2 is 2.05 bits per heavy atom. The van der Waals surface area contributed by atoms with Crippen LogP contribution in [0, 0.1) is 0 Å². The maximum absolute atomic E-state index is 4.16. The second-order valence-electron chi connectivity index (χ2n) is 4.31. The van der Waals surface area contributed by atoms with Crippen molar-refractivity contribution in [2.24, 2.45) is 4.99 Å². The maximum atomic E-state index is 4.16. The van der Waals surface area contributed by atoms with Crippen LogP contribution in [0.15, 0.2) is 41.7 Å². The molecule has 2 aromatic rings. The molecule has 0 amide bonds. The van der Waals surface area contributed by atoms with E-state index in [0.29, 0.717) is 6.54 Å². The van der Waals surface area contributed by atoms with Crippen LogP contribution in [0.2, 0.25) is 0 Å². The van der Waals surface area contributed by atoms with Crippen molar-refractivity contribution in [2.45, 2.75) is 19.9 Å². The van der Waals surface area contributed by atoms with Crippen molar-refractivity contribution in [2.75, 3.05) is 13.6 Å². The van der Waals surface area contributed by atoms with E-state index in [1.54, 1.807) is 13.4 Å². The number of hydrogen-bond donors (Lipinski definition) is 2. The Labute approximate surface area is 119 Å². The van der Waals surface area contributed by atoms with Crippen LogP contribution >= 0.6 is 0 Å². The molecule has 0 atom stereocenters. The van der Waals surface area contributed by atoms with Crippen molar-refractivity contribution in [3.8, 4) is 5.69 Å². The molecule has 0 fully saturated rings. The third-order valence-corrected chi connectivity index (χ3v) is 2.83. The van der Waals surface area contributed by atoms with Crippen molar-refractivity contribution in [3.63, 3.8) is 0 Å². The number of guanidine groups is 1. The first kappa shape index (κ1) is 14.0. The fourth-order valence-corrected chi connectivity index (χ4v) is 1.81. The van der Waals surface area contributed by atoms with Crippen molar-refractivity contribution in [1.29, 1.82) is 0 Å². The highest BCUT2D eigenvalue weighted by Crippen LogP contribution is 2.08. The zero-order valence-corrected chi connectivity index (χ0v) is 11.9. The van der Waals surface area contributed by atoms with E-state index in [1.165, 1.54) is 0 Å². The van der Waals surface area contributed by atoms with Gasteiger partial charge in [-0.15, -0.1) is 10.2 Å². The highest BCUT2D eigenvalue weighted by molar-refractivity contribution is 5.79. The fourth-order valence-electron chi connectivity index (χ4n) is 1.81. The van der Waals surface area contributed by atoms with Crippen LogP contribution in [0.25, 0.3) is 5.69 Å². The topological polar surface area (TPSA) is 67.1 Å². The van der Waals surface area contributed by atoms with E-state index < -0.39 is 0 Å². The summed E-state index contributed by atoms with van der Waals surface area (Å²) in [4.78, 5) is 4.16. The summed E-state index contributed by atoms with van der Waals surface area (Å²) in [5, 5.41) is 14.6. The molecule has 0 saturated carbocycles. The second-order valence-corrected chi connectivity index (χ2v) is 4.31. The van der Waals surface area contributed by atoms with E-state index in [-0.39, 0.29) is 0 Å². The van der Waals surface area contributed by atoms with E-state index >= 15 is 0 Å². The largest absolute Gasteiger partial charge is 0.356 e. The zero-order chi connectivity index (χ0) is 14.2. The minimum atomic E-state index is 0.568. The molecule has 0 unspecified atom stereocenters. The van der Waals surface area contributed by atoms with Crippen molar-refractivity contribution in [3.05, 3.63) is 42.5 Å². The van der Waals surface area contributed by atoms with E-state index in [1.807, 2.05) is 34.9 Å². The van der Waals surface area contributed by atoms with Gasteiger partial charge in [-0.1, -0.05) is 25.1 Å². The minimum absolute atomic E-state index is 0.568. The van der Waals surface area contributed by atoms with E-state index in [4.69, 9.17) is 0 Å². The van der Waals surface area contributed by atoms with Crippen molar-refractivity contribution in [1.82, 2.24) is 25.4 Å². The van der Waals surface area contributed by atoms with E-state index in [0.717, 1.165) is 30.4 Å². The fraction of sp³-hybridized carbons (Fsp3) is 0.357. The van der Waals surface area contributed by atoms with E-state index in [2.05, 4.69) is 32.7 Å². The molecule has 0 aliphatic carbocycles.